The Morgan fingerprint density at radius 1 is 1.53 bits per heavy atom. The molecule has 0 N–H and O–H groups in total. The molecule has 0 aromatic carbocycles. The zero-order valence-electron chi connectivity index (χ0n) is 11.3. The SMILES string of the molecule is CN(CCC1CCCC1)C(=O)c1cc(C#N)ccn1. The minimum Gasteiger partial charge on any atom is -0.340 e. The summed E-state index contributed by atoms with van der Waals surface area (Å²) in [5.41, 5.74) is 0.829. The molecule has 0 atom stereocenters. The van der Waals surface area contributed by atoms with Gasteiger partial charge in [0.05, 0.1) is 11.6 Å². The maximum absolute atomic E-state index is 12.2. The van der Waals surface area contributed by atoms with E-state index in [2.05, 4.69) is 4.98 Å². The number of aromatic nitrogens is 1. The van der Waals surface area contributed by atoms with Crippen LogP contribution in [0.25, 0.3) is 0 Å². The van der Waals surface area contributed by atoms with Crippen LogP contribution < -0.4 is 0 Å². The lowest BCUT2D eigenvalue weighted by atomic mass is 10.0. The Morgan fingerprint density at radius 3 is 2.95 bits per heavy atom. The van der Waals surface area contributed by atoms with Crippen LogP contribution in [0.1, 0.15) is 48.2 Å². The second-order valence-corrected chi connectivity index (χ2v) is 5.21. The third kappa shape index (κ3) is 3.54. The van der Waals surface area contributed by atoms with Gasteiger partial charge < -0.3 is 4.90 Å². The topological polar surface area (TPSA) is 57.0 Å². The van der Waals surface area contributed by atoms with Gasteiger partial charge in [-0.3, -0.25) is 9.78 Å². The number of nitrogens with zero attached hydrogens (tertiary/aromatic N) is 3. The lowest BCUT2D eigenvalue weighted by Gasteiger charge is -2.18. The number of pyridine rings is 1. The molecule has 0 aliphatic heterocycles. The summed E-state index contributed by atoms with van der Waals surface area (Å²) in [6.07, 6.45) is 7.83. The summed E-state index contributed by atoms with van der Waals surface area (Å²) in [6.45, 7) is 0.766. The molecule has 19 heavy (non-hydrogen) atoms. The predicted molar refractivity (Wildman–Crippen MR) is 72.5 cm³/mol. The lowest BCUT2D eigenvalue weighted by molar-refractivity contribution is 0.0781. The summed E-state index contributed by atoms with van der Waals surface area (Å²) in [4.78, 5) is 17.9. The molecule has 1 aliphatic rings. The Kier molecular flexibility index (Phi) is 4.51. The standard InChI is InChI=1S/C15H19N3O/c1-18(9-7-12-4-2-3-5-12)15(19)14-10-13(11-16)6-8-17-14/h6,8,10,12H,2-5,7,9H2,1H3. The van der Waals surface area contributed by atoms with Crippen LogP contribution in [0.5, 0.6) is 0 Å². The summed E-state index contributed by atoms with van der Waals surface area (Å²) in [6, 6.07) is 5.18. The number of carbonyl (C=O) groups is 1. The van der Waals surface area contributed by atoms with E-state index in [4.69, 9.17) is 5.26 Å². The summed E-state index contributed by atoms with van der Waals surface area (Å²) < 4.78 is 0. The van der Waals surface area contributed by atoms with Crippen molar-refractivity contribution in [1.82, 2.24) is 9.88 Å². The van der Waals surface area contributed by atoms with Crippen molar-refractivity contribution < 1.29 is 4.79 Å². The van der Waals surface area contributed by atoms with E-state index in [0.717, 1.165) is 18.9 Å². The fourth-order valence-electron chi connectivity index (χ4n) is 2.59. The summed E-state index contributed by atoms with van der Waals surface area (Å²) in [5.74, 6) is 0.670. The third-order valence-electron chi connectivity index (χ3n) is 3.80. The van der Waals surface area contributed by atoms with Crippen molar-refractivity contribution in [2.45, 2.75) is 32.1 Å². The molecule has 1 aromatic rings. The van der Waals surface area contributed by atoms with Crippen LogP contribution in [0.3, 0.4) is 0 Å². The van der Waals surface area contributed by atoms with E-state index >= 15 is 0 Å². The average molecular weight is 257 g/mol. The van der Waals surface area contributed by atoms with E-state index in [9.17, 15) is 4.79 Å². The molecule has 0 saturated heterocycles. The number of hydrogen-bond donors (Lipinski definition) is 0. The van der Waals surface area contributed by atoms with Crippen molar-refractivity contribution in [3.8, 4) is 6.07 Å². The molecule has 1 fully saturated rings. The van der Waals surface area contributed by atoms with Crippen LogP contribution in [0.15, 0.2) is 18.3 Å². The van der Waals surface area contributed by atoms with E-state index in [1.54, 1.807) is 24.1 Å². The Bertz CT molecular complexity index is 486. The van der Waals surface area contributed by atoms with Crippen LogP contribution in [0.2, 0.25) is 0 Å². The summed E-state index contributed by atoms with van der Waals surface area (Å²) in [5, 5.41) is 8.83. The first-order valence-corrected chi connectivity index (χ1v) is 6.82. The minimum absolute atomic E-state index is 0.102. The average Bonchev–Trinajstić information content (AvgIpc) is 2.97. The van der Waals surface area contributed by atoms with Gasteiger partial charge in [0.15, 0.2) is 0 Å². The zero-order chi connectivity index (χ0) is 13.7. The van der Waals surface area contributed by atoms with E-state index in [1.807, 2.05) is 6.07 Å². The highest BCUT2D eigenvalue weighted by Gasteiger charge is 2.18. The zero-order valence-corrected chi connectivity index (χ0v) is 11.3. The van der Waals surface area contributed by atoms with Crippen LogP contribution in [-0.4, -0.2) is 29.4 Å². The van der Waals surface area contributed by atoms with Gasteiger partial charge in [-0.25, -0.2) is 0 Å². The molecule has 0 radical (unpaired) electrons. The van der Waals surface area contributed by atoms with Gasteiger partial charge in [-0.1, -0.05) is 25.7 Å². The minimum atomic E-state index is -0.102. The van der Waals surface area contributed by atoms with Crippen molar-refractivity contribution in [3.05, 3.63) is 29.6 Å². The predicted octanol–water partition coefficient (Wildman–Crippen LogP) is 2.61. The number of rotatable bonds is 4. The summed E-state index contributed by atoms with van der Waals surface area (Å²) >= 11 is 0. The van der Waals surface area contributed by atoms with Crippen LogP contribution in [-0.2, 0) is 0 Å². The highest BCUT2D eigenvalue weighted by Crippen LogP contribution is 2.27. The molecule has 4 heteroatoms. The molecular weight excluding hydrogens is 238 g/mol. The number of amides is 1. The van der Waals surface area contributed by atoms with Gasteiger partial charge in [0.1, 0.15) is 5.69 Å². The molecule has 0 bridgehead atoms. The van der Waals surface area contributed by atoms with Crippen LogP contribution in [0, 0.1) is 17.2 Å². The lowest BCUT2D eigenvalue weighted by Crippen LogP contribution is -2.29. The smallest absolute Gasteiger partial charge is 0.272 e. The highest BCUT2D eigenvalue weighted by atomic mass is 16.2. The third-order valence-corrected chi connectivity index (χ3v) is 3.80. The van der Waals surface area contributed by atoms with E-state index < -0.39 is 0 Å². The molecule has 1 aromatic heterocycles. The Labute approximate surface area is 114 Å². The number of hydrogen-bond acceptors (Lipinski definition) is 3. The largest absolute Gasteiger partial charge is 0.340 e. The molecular formula is C15H19N3O. The molecule has 4 nitrogen and oxygen atoms in total. The molecule has 0 spiro atoms. The first-order chi connectivity index (χ1) is 9.20. The monoisotopic (exact) mass is 257 g/mol. The molecule has 2 rings (SSSR count). The van der Waals surface area contributed by atoms with Crippen LogP contribution >= 0.6 is 0 Å². The fourth-order valence-corrected chi connectivity index (χ4v) is 2.59. The van der Waals surface area contributed by atoms with Gasteiger partial charge in [0.25, 0.3) is 5.91 Å². The molecule has 1 aliphatic carbocycles. The maximum Gasteiger partial charge on any atom is 0.272 e. The quantitative estimate of drug-likeness (QED) is 0.833. The highest BCUT2D eigenvalue weighted by molar-refractivity contribution is 5.92. The normalized spacial score (nSPS) is 15.2. The maximum atomic E-state index is 12.2. The first-order valence-electron chi connectivity index (χ1n) is 6.82. The van der Waals surface area contributed by atoms with Crippen molar-refractivity contribution in [2.75, 3.05) is 13.6 Å². The molecule has 1 saturated carbocycles. The van der Waals surface area contributed by atoms with E-state index in [-0.39, 0.29) is 5.91 Å². The fraction of sp³-hybridized carbons (Fsp3) is 0.533. The first kappa shape index (κ1) is 13.5. The van der Waals surface area contributed by atoms with Crippen molar-refractivity contribution in [3.63, 3.8) is 0 Å². The second kappa shape index (κ2) is 6.33. The van der Waals surface area contributed by atoms with E-state index in [0.29, 0.717) is 11.3 Å². The molecule has 100 valence electrons. The second-order valence-electron chi connectivity index (χ2n) is 5.21. The van der Waals surface area contributed by atoms with Gasteiger partial charge in [0.2, 0.25) is 0 Å². The Morgan fingerprint density at radius 2 is 2.26 bits per heavy atom. The Hall–Kier alpha value is -1.89. The summed E-state index contributed by atoms with van der Waals surface area (Å²) in [7, 11) is 1.80. The van der Waals surface area contributed by atoms with Crippen LogP contribution in [0.4, 0.5) is 0 Å². The van der Waals surface area contributed by atoms with Gasteiger partial charge in [-0.05, 0) is 24.5 Å². The molecule has 1 amide bonds. The van der Waals surface area contributed by atoms with Crippen molar-refractivity contribution in [2.24, 2.45) is 5.92 Å². The number of carbonyl (C=O) groups excluding carboxylic acids is 1. The van der Waals surface area contributed by atoms with Gasteiger partial charge in [0, 0.05) is 19.8 Å². The molecule has 1 heterocycles. The van der Waals surface area contributed by atoms with Crippen molar-refractivity contribution in [1.29, 1.82) is 5.26 Å². The molecule has 0 unspecified atom stereocenters. The number of nitriles is 1. The Balaban J connectivity index is 1.92. The van der Waals surface area contributed by atoms with Gasteiger partial charge in [-0.2, -0.15) is 5.26 Å². The van der Waals surface area contributed by atoms with Gasteiger partial charge in [-0.15, -0.1) is 0 Å². The van der Waals surface area contributed by atoms with Crippen molar-refractivity contribution >= 4 is 5.91 Å². The van der Waals surface area contributed by atoms with E-state index in [1.165, 1.54) is 31.9 Å². The van der Waals surface area contributed by atoms with Gasteiger partial charge >= 0.3 is 0 Å².